The standard InChI is InChI=1S/C20H13Br2N3O3S/c21-13-9-15(25(17(13)22)10-11-4-2-1-3-5-11)18(26)24-20-23-14-7-6-12(19(27)28)8-16(14)29-20/h1-9H,10H2,(H,27,28)(H,23,24,26). The number of carboxylic acid groups (broad SMARTS) is 1. The number of benzene rings is 2. The zero-order valence-corrected chi connectivity index (χ0v) is 18.7. The number of carbonyl (C=O) groups excluding carboxylic acids is 1. The third kappa shape index (κ3) is 4.12. The van der Waals surface area contributed by atoms with Gasteiger partial charge in [0.05, 0.1) is 24.9 Å². The monoisotopic (exact) mass is 533 g/mol. The van der Waals surface area contributed by atoms with Crippen LogP contribution in [-0.2, 0) is 6.54 Å². The van der Waals surface area contributed by atoms with Gasteiger partial charge in [0.15, 0.2) is 5.13 Å². The third-order valence-corrected chi connectivity index (χ3v) is 7.19. The highest BCUT2D eigenvalue weighted by Crippen LogP contribution is 2.30. The van der Waals surface area contributed by atoms with E-state index in [1.165, 1.54) is 17.4 Å². The number of aromatic carboxylic acids is 1. The van der Waals surface area contributed by atoms with Gasteiger partial charge in [0, 0.05) is 6.54 Å². The molecule has 4 rings (SSSR count). The zero-order valence-electron chi connectivity index (χ0n) is 14.7. The van der Waals surface area contributed by atoms with E-state index < -0.39 is 5.97 Å². The molecule has 29 heavy (non-hydrogen) atoms. The lowest BCUT2D eigenvalue weighted by Crippen LogP contribution is -2.17. The van der Waals surface area contributed by atoms with E-state index in [-0.39, 0.29) is 11.5 Å². The lowest BCUT2D eigenvalue weighted by molar-refractivity contribution is 0.0697. The van der Waals surface area contributed by atoms with Gasteiger partial charge < -0.3 is 9.67 Å². The first-order chi connectivity index (χ1) is 13.9. The molecule has 0 aliphatic heterocycles. The van der Waals surface area contributed by atoms with Gasteiger partial charge in [-0.25, -0.2) is 9.78 Å². The molecule has 2 aromatic carbocycles. The highest BCUT2D eigenvalue weighted by Gasteiger charge is 2.19. The van der Waals surface area contributed by atoms with E-state index in [1.54, 1.807) is 18.2 Å². The highest BCUT2D eigenvalue weighted by atomic mass is 79.9. The second-order valence-corrected chi connectivity index (χ2v) is 8.84. The van der Waals surface area contributed by atoms with Crippen molar-refractivity contribution < 1.29 is 14.7 Å². The number of hydrogen-bond donors (Lipinski definition) is 2. The smallest absolute Gasteiger partial charge is 0.335 e. The van der Waals surface area contributed by atoms with Gasteiger partial charge in [-0.15, -0.1) is 0 Å². The fourth-order valence-electron chi connectivity index (χ4n) is 2.87. The summed E-state index contributed by atoms with van der Waals surface area (Å²) in [6, 6.07) is 16.3. The zero-order chi connectivity index (χ0) is 20.5. The van der Waals surface area contributed by atoms with Crippen molar-refractivity contribution in [3.8, 4) is 0 Å². The van der Waals surface area contributed by atoms with E-state index in [9.17, 15) is 9.59 Å². The lowest BCUT2D eigenvalue weighted by Gasteiger charge is -2.10. The average molecular weight is 535 g/mol. The number of carboxylic acids is 1. The third-order valence-electron chi connectivity index (χ3n) is 4.26. The van der Waals surface area contributed by atoms with E-state index in [2.05, 4.69) is 42.2 Å². The van der Waals surface area contributed by atoms with Crippen LogP contribution in [0.1, 0.15) is 26.4 Å². The minimum absolute atomic E-state index is 0.184. The van der Waals surface area contributed by atoms with Crippen LogP contribution < -0.4 is 5.32 Å². The molecule has 0 spiro atoms. The van der Waals surface area contributed by atoms with Crippen molar-refractivity contribution in [2.45, 2.75) is 6.54 Å². The summed E-state index contributed by atoms with van der Waals surface area (Å²) >= 11 is 8.23. The number of hydrogen-bond acceptors (Lipinski definition) is 4. The molecule has 9 heteroatoms. The van der Waals surface area contributed by atoms with Crippen LogP contribution in [0.3, 0.4) is 0 Å². The number of nitrogens with zero attached hydrogens (tertiary/aromatic N) is 2. The topological polar surface area (TPSA) is 84.2 Å². The summed E-state index contributed by atoms with van der Waals surface area (Å²) in [5, 5.41) is 12.4. The number of thiazole rings is 1. The van der Waals surface area contributed by atoms with Crippen LogP contribution in [-0.4, -0.2) is 26.5 Å². The summed E-state index contributed by atoms with van der Waals surface area (Å²) < 4.78 is 4.10. The maximum absolute atomic E-state index is 12.9. The molecule has 0 aliphatic rings. The number of carbonyl (C=O) groups is 2. The summed E-state index contributed by atoms with van der Waals surface area (Å²) in [7, 11) is 0. The second-order valence-electron chi connectivity index (χ2n) is 6.20. The van der Waals surface area contributed by atoms with Crippen LogP contribution in [0.2, 0.25) is 0 Å². The molecular formula is C20H13Br2N3O3S. The van der Waals surface area contributed by atoms with Crippen molar-refractivity contribution in [3.05, 3.63) is 80.5 Å². The Bertz CT molecular complexity index is 1230. The molecule has 0 saturated heterocycles. The Labute approximate surface area is 186 Å². The molecule has 146 valence electrons. The molecule has 6 nitrogen and oxygen atoms in total. The number of anilines is 1. The number of amides is 1. The van der Waals surface area contributed by atoms with E-state index >= 15 is 0 Å². The summed E-state index contributed by atoms with van der Waals surface area (Å²) in [4.78, 5) is 28.5. The van der Waals surface area contributed by atoms with Gasteiger partial charge in [-0.2, -0.15) is 0 Å². The van der Waals surface area contributed by atoms with E-state index in [0.29, 0.717) is 27.6 Å². The molecule has 0 fully saturated rings. The van der Waals surface area contributed by atoms with Gasteiger partial charge in [0.2, 0.25) is 0 Å². The molecule has 0 unspecified atom stereocenters. The molecule has 0 bridgehead atoms. The van der Waals surface area contributed by atoms with Crippen LogP contribution in [0.5, 0.6) is 0 Å². The first-order valence-electron chi connectivity index (χ1n) is 8.46. The van der Waals surface area contributed by atoms with Gasteiger partial charge in [-0.1, -0.05) is 41.7 Å². The largest absolute Gasteiger partial charge is 0.478 e. The Hall–Kier alpha value is -2.49. The first-order valence-corrected chi connectivity index (χ1v) is 10.9. The molecule has 2 heterocycles. The van der Waals surface area contributed by atoms with Crippen LogP contribution in [0.4, 0.5) is 5.13 Å². The van der Waals surface area contributed by atoms with Crippen molar-refractivity contribution in [2.75, 3.05) is 5.32 Å². The SMILES string of the molecule is O=C(O)c1ccc2nc(NC(=O)c3cc(Br)c(Br)n3Cc3ccccc3)sc2c1. The lowest BCUT2D eigenvalue weighted by atomic mass is 10.2. The maximum Gasteiger partial charge on any atom is 0.335 e. The van der Waals surface area contributed by atoms with Crippen molar-refractivity contribution in [3.63, 3.8) is 0 Å². The Morgan fingerprint density at radius 3 is 2.59 bits per heavy atom. The van der Waals surface area contributed by atoms with E-state index in [4.69, 9.17) is 5.11 Å². The van der Waals surface area contributed by atoms with Gasteiger partial charge >= 0.3 is 5.97 Å². The molecular weight excluding hydrogens is 522 g/mol. The number of nitrogens with one attached hydrogen (secondary N) is 1. The first kappa shape index (κ1) is 19.8. The van der Waals surface area contributed by atoms with Crippen molar-refractivity contribution in [2.24, 2.45) is 0 Å². The highest BCUT2D eigenvalue weighted by molar-refractivity contribution is 9.13. The molecule has 2 aromatic heterocycles. The maximum atomic E-state index is 12.9. The molecule has 0 atom stereocenters. The summed E-state index contributed by atoms with van der Waals surface area (Å²) in [6.07, 6.45) is 0. The Balaban J connectivity index is 1.62. The quantitative estimate of drug-likeness (QED) is 0.348. The second kappa shape index (κ2) is 8.10. The number of rotatable bonds is 5. The van der Waals surface area contributed by atoms with Gasteiger partial charge in [-0.3, -0.25) is 10.1 Å². The number of aromatic nitrogens is 2. The summed E-state index contributed by atoms with van der Waals surface area (Å²) in [5.74, 6) is -1.30. The van der Waals surface area contributed by atoms with Crippen LogP contribution in [0.15, 0.2) is 63.7 Å². The van der Waals surface area contributed by atoms with Crippen LogP contribution in [0.25, 0.3) is 10.2 Å². The van der Waals surface area contributed by atoms with Crippen LogP contribution in [0, 0.1) is 0 Å². The predicted molar refractivity (Wildman–Crippen MR) is 120 cm³/mol. The Morgan fingerprint density at radius 2 is 1.86 bits per heavy atom. The van der Waals surface area contributed by atoms with Crippen LogP contribution >= 0.6 is 43.2 Å². The number of fused-ring (bicyclic) bond motifs is 1. The number of halogens is 2. The molecule has 0 aliphatic carbocycles. The molecule has 1 amide bonds. The van der Waals surface area contributed by atoms with Crippen molar-refractivity contribution in [1.29, 1.82) is 0 Å². The molecule has 0 saturated carbocycles. The predicted octanol–water partition coefficient (Wildman–Crippen LogP) is 5.62. The van der Waals surface area contributed by atoms with Gasteiger partial charge in [0.1, 0.15) is 5.69 Å². The average Bonchev–Trinajstić information content (AvgIpc) is 3.23. The van der Waals surface area contributed by atoms with Gasteiger partial charge in [-0.05, 0) is 61.7 Å². The minimum Gasteiger partial charge on any atom is -0.478 e. The fraction of sp³-hybridized carbons (Fsp3) is 0.0500. The Kier molecular flexibility index (Phi) is 5.53. The fourth-order valence-corrected chi connectivity index (χ4v) is 4.64. The Morgan fingerprint density at radius 1 is 1.10 bits per heavy atom. The molecule has 2 N–H and O–H groups in total. The molecule has 4 aromatic rings. The summed E-state index contributed by atoms with van der Waals surface area (Å²) in [5.41, 5.74) is 2.35. The van der Waals surface area contributed by atoms with Gasteiger partial charge in [0.25, 0.3) is 5.91 Å². The van der Waals surface area contributed by atoms with Crippen molar-refractivity contribution >= 4 is 70.4 Å². The normalized spacial score (nSPS) is 11.0. The van der Waals surface area contributed by atoms with Crippen molar-refractivity contribution in [1.82, 2.24) is 9.55 Å². The minimum atomic E-state index is -1.00. The van der Waals surface area contributed by atoms with E-state index in [1.807, 2.05) is 34.9 Å². The molecule has 0 radical (unpaired) electrons. The summed E-state index contributed by atoms with van der Waals surface area (Å²) in [6.45, 7) is 0.525. The van der Waals surface area contributed by atoms with E-state index in [0.717, 1.165) is 14.6 Å².